The number of nitrogens with zero attached hydrogens (tertiary/aromatic N) is 2. The molecule has 136 valence electrons. The molecule has 0 saturated heterocycles. The second-order valence-electron chi connectivity index (χ2n) is 6.28. The number of rotatable bonds is 4. The molecule has 0 aliphatic rings. The van der Waals surface area contributed by atoms with Gasteiger partial charge < -0.3 is 4.74 Å². The molecule has 0 radical (unpaired) electrons. The molecule has 0 atom stereocenters. The maximum absolute atomic E-state index is 13.2. The van der Waals surface area contributed by atoms with Crippen molar-refractivity contribution in [2.45, 2.75) is 6.54 Å². The number of hydrogen-bond donors (Lipinski definition) is 0. The largest absolute Gasteiger partial charge is 0.497 e. The molecule has 0 bridgehead atoms. The lowest BCUT2D eigenvalue weighted by Gasteiger charge is -2.10. The molecule has 0 fully saturated rings. The summed E-state index contributed by atoms with van der Waals surface area (Å²) in [6.45, 7) is 0.250. The molecule has 4 rings (SSSR count). The molecular weight excluding hydrogens is 360 g/mol. The smallest absolute Gasteiger partial charge is 0.332 e. The standard InChI is InChI=1S/C21H18N2O3S/c1-22-20-18(17(13-27-20)15-8-10-16(26-2)11-9-15)19(24)23(21(22)25)12-14-6-4-3-5-7-14/h3-11,13H,12H2,1-2H3. The van der Waals surface area contributed by atoms with Crippen LogP contribution in [-0.2, 0) is 13.6 Å². The van der Waals surface area contributed by atoms with Crippen molar-refractivity contribution in [2.24, 2.45) is 7.05 Å². The van der Waals surface area contributed by atoms with Gasteiger partial charge in [-0.1, -0.05) is 42.5 Å². The van der Waals surface area contributed by atoms with E-state index in [2.05, 4.69) is 0 Å². The number of methoxy groups -OCH3 is 1. The summed E-state index contributed by atoms with van der Waals surface area (Å²) in [6.07, 6.45) is 0. The minimum atomic E-state index is -0.306. The lowest BCUT2D eigenvalue weighted by molar-refractivity contribution is 0.415. The van der Waals surface area contributed by atoms with Crippen LogP contribution in [0.4, 0.5) is 0 Å². The Morgan fingerprint density at radius 3 is 2.37 bits per heavy atom. The van der Waals surface area contributed by atoms with Crippen molar-refractivity contribution in [3.05, 3.63) is 86.4 Å². The number of ether oxygens (including phenoxy) is 1. The van der Waals surface area contributed by atoms with E-state index >= 15 is 0 Å². The van der Waals surface area contributed by atoms with Crippen LogP contribution in [-0.4, -0.2) is 16.2 Å². The fourth-order valence-corrected chi connectivity index (χ4v) is 4.21. The SMILES string of the molecule is COc1ccc(-c2csc3c2c(=O)n(Cc2ccccc2)c(=O)n3C)cc1. The summed E-state index contributed by atoms with van der Waals surface area (Å²) in [5.41, 5.74) is 2.10. The first kappa shape index (κ1) is 17.3. The highest BCUT2D eigenvalue weighted by Crippen LogP contribution is 2.32. The molecule has 2 heterocycles. The second kappa shape index (κ2) is 6.89. The maximum atomic E-state index is 13.2. The quantitative estimate of drug-likeness (QED) is 0.546. The fraction of sp³-hybridized carbons (Fsp3) is 0.143. The van der Waals surface area contributed by atoms with Crippen LogP contribution in [0.5, 0.6) is 5.75 Å². The van der Waals surface area contributed by atoms with Gasteiger partial charge in [0.05, 0.1) is 19.0 Å². The van der Waals surface area contributed by atoms with Gasteiger partial charge in [0.15, 0.2) is 0 Å². The lowest BCUT2D eigenvalue weighted by Crippen LogP contribution is -2.39. The summed E-state index contributed by atoms with van der Waals surface area (Å²) in [7, 11) is 3.33. The highest BCUT2D eigenvalue weighted by molar-refractivity contribution is 7.17. The minimum absolute atomic E-state index is 0.250. The lowest BCUT2D eigenvalue weighted by atomic mass is 10.1. The number of aryl methyl sites for hydroxylation is 1. The Hall–Kier alpha value is -3.12. The van der Waals surface area contributed by atoms with Gasteiger partial charge in [0, 0.05) is 18.0 Å². The molecule has 6 heteroatoms. The Kier molecular flexibility index (Phi) is 4.41. The van der Waals surface area contributed by atoms with Gasteiger partial charge in [0.1, 0.15) is 10.6 Å². The Balaban J connectivity index is 1.93. The number of hydrogen-bond acceptors (Lipinski definition) is 4. The summed E-state index contributed by atoms with van der Waals surface area (Å²) < 4.78 is 8.07. The first-order valence-electron chi connectivity index (χ1n) is 8.49. The molecule has 2 aromatic carbocycles. The molecule has 2 aromatic heterocycles. The van der Waals surface area contributed by atoms with Gasteiger partial charge in [0.2, 0.25) is 0 Å². The van der Waals surface area contributed by atoms with Crippen molar-refractivity contribution in [1.29, 1.82) is 0 Å². The summed E-state index contributed by atoms with van der Waals surface area (Å²) in [5.74, 6) is 0.757. The molecular formula is C21H18N2O3S. The van der Waals surface area contributed by atoms with Crippen molar-refractivity contribution in [3.63, 3.8) is 0 Å². The molecule has 0 spiro atoms. The predicted octanol–water partition coefficient (Wildman–Crippen LogP) is 3.49. The van der Waals surface area contributed by atoms with Crippen LogP contribution in [0.1, 0.15) is 5.56 Å². The zero-order valence-electron chi connectivity index (χ0n) is 15.0. The Bertz CT molecular complexity index is 1220. The van der Waals surface area contributed by atoms with Gasteiger partial charge >= 0.3 is 5.69 Å². The Morgan fingerprint density at radius 2 is 1.70 bits per heavy atom. The highest BCUT2D eigenvalue weighted by Gasteiger charge is 2.17. The topological polar surface area (TPSA) is 53.2 Å². The summed E-state index contributed by atoms with van der Waals surface area (Å²) >= 11 is 1.41. The third-order valence-corrected chi connectivity index (χ3v) is 5.69. The van der Waals surface area contributed by atoms with Crippen molar-refractivity contribution in [2.75, 3.05) is 7.11 Å². The minimum Gasteiger partial charge on any atom is -0.497 e. The van der Waals surface area contributed by atoms with Gasteiger partial charge in [-0.25, -0.2) is 4.79 Å². The Labute approximate surface area is 159 Å². The first-order chi connectivity index (χ1) is 13.1. The van der Waals surface area contributed by atoms with Crippen LogP contribution < -0.4 is 16.0 Å². The third-order valence-electron chi connectivity index (χ3n) is 4.64. The molecule has 5 nitrogen and oxygen atoms in total. The van der Waals surface area contributed by atoms with E-state index in [-0.39, 0.29) is 17.8 Å². The maximum Gasteiger partial charge on any atom is 0.332 e. The van der Waals surface area contributed by atoms with Crippen molar-refractivity contribution in [3.8, 4) is 16.9 Å². The summed E-state index contributed by atoms with van der Waals surface area (Å²) in [4.78, 5) is 26.6. The predicted molar refractivity (Wildman–Crippen MR) is 109 cm³/mol. The van der Waals surface area contributed by atoms with E-state index in [1.165, 1.54) is 15.9 Å². The van der Waals surface area contributed by atoms with Gasteiger partial charge in [-0.2, -0.15) is 0 Å². The van der Waals surface area contributed by atoms with E-state index in [1.807, 2.05) is 60.0 Å². The molecule has 0 unspecified atom stereocenters. The van der Waals surface area contributed by atoms with E-state index in [4.69, 9.17) is 4.74 Å². The van der Waals surface area contributed by atoms with Crippen LogP contribution in [0.3, 0.4) is 0 Å². The molecule has 0 N–H and O–H groups in total. The van der Waals surface area contributed by atoms with Crippen LogP contribution >= 0.6 is 11.3 Å². The molecule has 0 saturated carbocycles. The average Bonchev–Trinajstić information content (AvgIpc) is 3.16. The third kappa shape index (κ3) is 2.98. The molecule has 4 aromatic rings. The molecule has 0 aliphatic carbocycles. The monoisotopic (exact) mass is 378 g/mol. The van der Waals surface area contributed by atoms with Gasteiger partial charge in [-0.15, -0.1) is 11.3 Å². The zero-order valence-corrected chi connectivity index (χ0v) is 15.8. The first-order valence-corrected chi connectivity index (χ1v) is 9.37. The Morgan fingerprint density at radius 1 is 1.00 bits per heavy atom. The average molecular weight is 378 g/mol. The van der Waals surface area contributed by atoms with E-state index < -0.39 is 0 Å². The van der Waals surface area contributed by atoms with Crippen molar-refractivity contribution in [1.82, 2.24) is 9.13 Å². The van der Waals surface area contributed by atoms with Crippen LogP contribution in [0, 0.1) is 0 Å². The summed E-state index contributed by atoms with van der Waals surface area (Å²) in [5, 5.41) is 2.50. The van der Waals surface area contributed by atoms with E-state index in [1.54, 1.807) is 18.7 Å². The molecule has 0 amide bonds. The second-order valence-corrected chi connectivity index (χ2v) is 7.13. The number of benzene rings is 2. The molecule has 0 aliphatic heterocycles. The van der Waals surface area contributed by atoms with Crippen molar-refractivity contribution >= 4 is 21.6 Å². The van der Waals surface area contributed by atoms with Crippen LogP contribution in [0.15, 0.2) is 69.6 Å². The number of aromatic nitrogens is 2. The van der Waals surface area contributed by atoms with Gasteiger partial charge in [-0.05, 0) is 23.3 Å². The number of thiophene rings is 1. The van der Waals surface area contributed by atoms with E-state index in [0.717, 1.165) is 22.4 Å². The van der Waals surface area contributed by atoms with E-state index in [9.17, 15) is 9.59 Å². The van der Waals surface area contributed by atoms with Gasteiger partial charge in [0.25, 0.3) is 5.56 Å². The van der Waals surface area contributed by atoms with Crippen LogP contribution in [0.2, 0.25) is 0 Å². The fourth-order valence-electron chi connectivity index (χ4n) is 3.18. The summed E-state index contributed by atoms with van der Waals surface area (Å²) in [6, 6.07) is 17.1. The van der Waals surface area contributed by atoms with Crippen LogP contribution in [0.25, 0.3) is 21.3 Å². The van der Waals surface area contributed by atoms with Gasteiger partial charge in [-0.3, -0.25) is 13.9 Å². The van der Waals surface area contributed by atoms with Crippen molar-refractivity contribution < 1.29 is 4.74 Å². The molecule has 27 heavy (non-hydrogen) atoms. The number of fused-ring (bicyclic) bond motifs is 1. The zero-order chi connectivity index (χ0) is 19.0. The van der Waals surface area contributed by atoms with E-state index in [0.29, 0.717) is 10.2 Å². The highest BCUT2D eigenvalue weighted by atomic mass is 32.1. The normalized spacial score (nSPS) is 11.0.